The van der Waals surface area contributed by atoms with Crippen LogP contribution < -0.4 is 10.2 Å². The van der Waals surface area contributed by atoms with Gasteiger partial charge in [0, 0.05) is 43.0 Å². The number of halogens is 1. The lowest BCUT2D eigenvalue weighted by atomic mass is 10.1. The highest BCUT2D eigenvalue weighted by molar-refractivity contribution is 7.80. The lowest BCUT2D eigenvalue weighted by Gasteiger charge is -2.24. The molecular formula is C23H23ClN4O3S. The highest BCUT2D eigenvalue weighted by Crippen LogP contribution is 2.25. The second kappa shape index (κ2) is 9.26. The van der Waals surface area contributed by atoms with E-state index in [1.807, 2.05) is 24.3 Å². The standard InChI is InChI=1S/C23H23ClN4O3S/c1-26-22(31)19(13-20(29)25-17-8-6-16(24)7-9-17)28(23(26)32)14-15-4-10-18(11-5-15)27-12-2-3-21(27)30/h4-11,19H,2-3,12-14H2,1H3,(H,25,29)/t19-/m0/s1. The molecule has 2 aromatic rings. The predicted octanol–water partition coefficient (Wildman–Crippen LogP) is 3.42. The molecule has 2 fully saturated rings. The fourth-order valence-electron chi connectivity index (χ4n) is 3.97. The maximum absolute atomic E-state index is 12.8. The van der Waals surface area contributed by atoms with E-state index in [2.05, 4.69) is 5.32 Å². The third-order valence-electron chi connectivity index (χ3n) is 5.71. The molecule has 0 aliphatic carbocycles. The maximum Gasteiger partial charge on any atom is 0.251 e. The lowest BCUT2D eigenvalue weighted by Crippen LogP contribution is -2.37. The van der Waals surface area contributed by atoms with E-state index < -0.39 is 6.04 Å². The van der Waals surface area contributed by atoms with Crippen LogP contribution in [0, 0.1) is 0 Å². The molecule has 0 radical (unpaired) electrons. The first-order chi connectivity index (χ1) is 15.3. The van der Waals surface area contributed by atoms with E-state index in [0.29, 0.717) is 28.8 Å². The van der Waals surface area contributed by atoms with Crippen molar-refractivity contribution in [2.75, 3.05) is 23.8 Å². The number of carbonyl (C=O) groups is 3. The Morgan fingerprint density at radius 1 is 1.12 bits per heavy atom. The van der Waals surface area contributed by atoms with Crippen LogP contribution in [0.15, 0.2) is 48.5 Å². The Hall–Kier alpha value is -2.97. The number of nitrogens with one attached hydrogen (secondary N) is 1. The van der Waals surface area contributed by atoms with Crippen LogP contribution in [0.5, 0.6) is 0 Å². The van der Waals surface area contributed by atoms with Gasteiger partial charge < -0.3 is 15.1 Å². The molecule has 9 heteroatoms. The number of rotatable bonds is 6. The molecule has 166 valence electrons. The molecule has 3 amide bonds. The minimum Gasteiger partial charge on any atom is -0.332 e. The minimum absolute atomic E-state index is 0.0215. The van der Waals surface area contributed by atoms with Gasteiger partial charge in [0.1, 0.15) is 6.04 Å². The van der Waals surface area contributed by atoms with E-state index in [1.54, 1.807) is 41.1 Å². The number of thiocarbonyl (C=S) groups is 1. The van der Waals surface area contributed by atoms with Gasteiger partial charge in [-0.3, -0.25) is 19.3 Å². The van der Waals surface area contributed by atoms with Crippen molar-refractivity contribution in [1.29, 1.82) is 0 Å². The van der Waals surface area contributed by atoms with Gasteiger partial charge in [-0.1, -0.05) is 23.7 Å². The summed E-state index contributed by atoms with van der Waals surface area (Å²) < 4.78 is 0. The molecule has 1 atom stereocenters. The van der Waals surface area contributed by atoms with Crippen molar-refractivity contribution in [2.45, 2.75) is 31.8 Å². The van der Waals surface area contributed by atoms with Crippen LogP contribution in [-0.4, -0.2) is 52.3 Å². The highest BCUT2D eigenvalue weighted by atomic mass is 35.5. The average Bonchev–Trinajstić information content (AvgIpc) is 3.29. The molecule has 4 rings (SSSR count). The Labute approximate surface area is 196 Å². The zero-order valence-electron chi connectivity index (χ0n) is 17.6. The molecule has 0 spiro atoms. The van der Waals surface area contributed by atoms with Gasteiger partial charge in [0.2, 0.25) is 11.8 Å². The van der Waals surface area contributed by atoms with Gasteiger partial charge in [0.05, 0.1) is 6.42 Å². The average molecular weight is 471 g/mol. The topological polar surface area (TPSA) is 73.0 Å². The first-order valence-corrected chi connectivity index (χ1v) is 11.1. The van der Waals surface area contributed by atoms with E-state index in [9.17, 15) is 14.4 Å². The molecule has 0 aromatic heterocycles. The summed E-state index contributed by atoms with van der Waals surface area (Å²) in [4.78, 5) is 42.3. The van der Waals surface area contributed by atoms with Gasteiger partial charge in [0.25, 0.3) is 5.91 Å². The zero-order valence-corrected chi connectivity index (χ0v) is 19.2. The molecule has 2 aliphatic heterocycles. The fourth-order valence-corrected chi connectivity index (χ4v) is 4.38. The first kappa shape index (κ1) is 22.2. The molecule has 32 heavy (non-hydrogen) atoms. The van der Waals surface area contributed by atoms with E-state index in [-0.39, 0.29) is 24.1 Å². The molecule has 2 saturated heterocycles. The van der Waals surface area contributed by atoms with Gasteiger partial charge in [0.15, 0.2) is 5.11 Å². The summed E-state index contributed by atoms with van der Waals surface area (Å²) >= 11 is 11.4. The molecule has 2 heterocycles. The summed E-state index contributed by atoms with van der Waals surface area (Å²) in [5.74, 6) is -0.352. The molecular weight excluding hydrogens is 448 g/mol. The van der Waals surface area contributed by atoms with Crippen molar-refractivity contribution < 1.29 is 14.4 Å². The Kier molecular flexibility index (Phi) is 6.43. The van der Waals surface area contributed by atoms with E-state index in [4.69, 9.17) is 23.8 Å². The number of hydrogen-bond donors (Lipinski definition) is 1. The van der Waals surface area contributed by atoms with Crippen molar-refractivity contribution in [3.8, 4) is 0 Å². The van der Waals surface area contributed by atoms with Crippen LogP contribution in [0.3, 0.4) is 0 Å². The summed E-state index contributed by atoms with van der Waals surface area (Å²) in [6.45, 7) is 1.13. The normalized spacial score (nSPS) is 18.6. The smallest absolute Gasteiger partial charge is 0.251 e. The molecule has 7 nitrogen and oxygen atoms in total. The van der Waals surface area contributed by atoms with Gasteiger partial charge in [-0.15, -0.1) is 0 Å². The molecule has 0 unspecified atom stereocenters. The Balaban J connectivity index is 1.45. The van der Waals surface area contributed by atoms with Crippen LogP contribution in [0.4, 0.5) is 11.4 Å². The number of hydrogen-bond acceptors (Lipinski definition) is 4. The van der Waals surface area contributed by atoms with Crippen molar-refractivity contribution in [3.63, 3.8) is 0 Å². The van der Waals surface area contributed by atoms with E-state index in [1.165, 1.54) is 4.90 Å². The van der Waals surface area contributed by atoms with Gasteiger partial charge in [-0.2, -0.15) is 0 Å². The SMILES string of the molecule is CN1C(=O)[C@H](CC(=O)Nc2ccc(Cl)cc2)N(Cc2ccc(N3CCCC3=O)cc2)C1=S. The summed E-state index contributed by atoms with van der Waals surface area (Å²) in [5.41, 5.74) is 2.42. The summed E-state index contributed by atoms with van der Waals surface area (Å²) in [6, 6.07) is 13.8. The van der Waals surface area contributed by atoms with Crippen molar-refractivity contribution in [2.24, 2.45) is 0 Å². The monoisotopic (exact) mass is 470 g/mol. The molecule has 0 saturated carbocycles. The van der Waals surface area contributed by atoms with Crippen LogP contribution in [0.1, 0.15) is 24.8 Å². The second-order valence-corrected chi connectivity index (χ2v) is 8.70. The quantitative estimate of drug-likeness (QED) is 0.655. The molecule has 1 N–H and O–H groups in total. The van der Waals surface area contributed by atoms with Crippen molar-refractivity contribution >= 4 is 58.0 Å². The number of nitrogens with zero attached hydrogens (tertiary/aromatic N) is 3. The summed E-state index contributed by atoms with van der Waals surface area (Å²) in [7, 11) is 1.62. The van der Waals surface area contributed by atoms with Gasteiger partial charge in [-0.25, -0.2) is 0 Å². The minimum atomic E-state index is -0.681. The Morgan fingerprint density at radius 3 is 2.44 bits per heavy atom. The number of anilines is 2. The molecule has 0 bridgehead atoms. The first-order valence-electron chi connectivity index (χ1n) is 10.4. The summed E-state index contributed by atoms with van der Waals surface area (Å²) in [6.07, 6.45) is 1.43. The highest BCUT2D eigenvalue weighted by Gasteiger charge is 2.41. The third kappa shape index (κ3) is 4.61. The second-order valence-electron chi connectivity index (χ2n) is 7.90. The van der Waals surface area contributed by atoms with Crippen molar-refractivity contribution in [3.05, 3.63) is 59.1 Å². The molecule has 2 aliphatic rings. The van der Waals surface area contributed by atoms with Crippen LogP contribution in [0.2, 0.25) is 5.02 Å². The van der Waals surface area contributed by atoms with Crippen LogP contribution in [0.25, 0.3) is 0 Å². The number of amides is 3. The van der Waals surface area contributed by atoms with E-state index >= 15 is 0 Å². The van der Waals surface area contributed by atoms with Crippen LogP contribution in [-0.2, 0) is 20.9 Å². The number of carbonyl (C=O) groups excluding carboxylic acids is 3. The summed E-state index contributed by atoms with van der Waals surface area (Å²) in [5, 5.41) is 3.76. The van der Waals surface area contributed by atoms with E-state index in [0.717, 1.165) is 24.2 Å². The zero-order chi connectivity index (χ0) is 22.8. The predicted molar refractivity (Wildman–Crippen MR) is 127 cm³/mol. The molecule has 2 aromatic carbocycles. The largest absolute Gasteiger partial charge is 0.332 e. The lowest BCUT2D eigenvalue weighted by molar-refractivity contribution is -0.130. The Bertz CT molecular complexity index is 1060. The van der Waals surface area contributed by atoms with Gasteiger partial charge >= 0.3 is 0 Å². The van der Waals surface area contributed by atoms with Gasteiger partial charge in [-0.05, 0) is 60.6 Å². The van der Waals surface area contributed by atoms with Crippen LogP contribution >= 0.6 is 23.8 Å². The number of likely N-dealkylation sites (N-methyl/N-ethyl adjacent to an activating group) is 1. The Morgan fingerprint density at radius 2 is 1.81 bits per heavy atom. The van der Waals surface area contributed by atoms with Crippen molar-refractivity contribution in [1.82, 2.24) is 9.80 Å². The maximum atomic E-state index is 12.8. The fraction of sp³-hybridized carbons (Fsp3) is 0.304. The third-order valence-corrected chi connectivity index (χ3v) is 6.47. The number of benzene rings is 2.